The van der Waals surface area contributed by atoms with Crippen molar-refractivity contribution in [2.24, 2.45) is 5.92 Å². The average Bonchev–Trinajstić information content (AvgIpc) is 3.34. The third-order valence-corrected chi connectivity index (χ3v) is 8.67. The number of aliphatic hydroxyl groups is 1. The lowest BCUT2D eigenvalue weighted by Gasteiger charge is -2.25. The minimum Gasteiger partial charge on any atom is -0.384 e. The molecule has 4 heterocycles. The zero-order chi connectivity index (χ0) is 16.5. The van der Waals surface area contributed by atoms with Gasteiger partial charge in [-0.2, -0.15) is 0 Å². The van der Waals surface area contributed by atoms with E-state index in [4.69, 9.17) is 11.6 Å². The highest BCUT2D eigenvalue weighted by Gasteiger charge is 2.39. The van der Waals surface area contributed by atoms with E-state index in [9.17, 15) is 5.11 Å². The highest BCUT2D eigenvalue weighted by atomic mass is 35.5. The summed E-state index contributed by atoms with van der Waals surface area (Å²) < 4.78 is 0.892. The van der Waals surface area contributed by atoms with Gasteiger partial charge in [0.2, 0.25) is 0 Å². The van der Waals surface area contributed by atoms with Gasteiger partial charge >= 0.3 is 0 Å². The lowest BCUT2D eigenvalue weighted by Crippen LogP contribution is -2.21. The first kappa shape index (κ1) is 17.1. The Hall–Kier alpha value is -0.330. The SMILES string of the molecule is OC(C1=C(C2=CCCS2)SCC1C1CC=C(Cl)S1)c1cccnc1. The molecule has 0 aliphatic carbocycles. The molecule has 1 N–H and O–H groups in total. The molecule has 3 atom stereocenters. The summed E-state index contributed by atoms with van der Waals surface area (Å²) in [6.45, 7) is 0. The Bertz CT molecular complexity index is 716. The smallest absolute Gasteiger partial charge is 0.103 e. The Kier molecular flexibility index (Phi) is 5.35. The summed E-state index contributed by atoms with van der Waals surface area (Å²) in [6.07, 6.45) is 9.47. The molecule has 3 aliphatic heterocycles. The molecule has 0 saturated heterocycles. The Labute approximate surface area is 160 Å². The fourth-order valence-electron chi connectivity index (χ4n) is 3.35. The number of halogens is 1. The molecule has 0 aromatic carbocycles. The molecule has 0 fully saturated rings. The number of hydrogen-bond donors (Lipinski definition) is 1. The summed E-state index contributed by atoms with van der Waals surface area (Å²) in [5, 5.41) is 11.6. The van der Waals surface area contributed by atoms with Gasteiger partial charge in [0.25, 0.3) is 0 Å². The van der Waals surface area contributed by atoms with Crippen LogP contribution in [0.25, 0.3) is 0 Å². The van der Waals surface area contributed by atoms with Gasteiger partial charge in [-0.15, -0.1) is 35.3 Å². The number of nitrogens with zero attached hydrogens (tertiary/aromatic N) is 1. The van der Waals surface area contributed by atoms with Crippen LogP contribution in [0.2, 0.25) is 0 Å². The molecular formula is C18H18ClNOS3. The lowest BCUT2D eigenvalue weighted by molar-refractivity contribution is 0.202. The number of thioether (sulfide) groups is 3. The van der Waals surface area contributed by atoms with Crippen molar-refractivity contribution in [1.82, 2.24) is 4.98 Å². The van der Waals surface area contributed by atoms with Crippen LogP contribution in [0.1, 0.15) is 24.5 Å². The topological polar surface area (TPSA) is 33.1 Å². The van der Waals surface area contributed by atoms with Crippen molar-refractivity contribution in [1.29, 1.82) is 0 Å². The van der Waals surface area contributed by atoms with Crippen LogP contribution in [0.5, 0.6) is 0 Å². The monoisotopic (exact) mass is 395 g/mol. The van der Waals surface area contributed by atoms with E-state index in [2.05, 4.69) is 17.1 Å². The van der Waals surface area contributed by atoms with Gasteiger partial charge in [0.05, 0.1) is 4.36 Å². The zero-order valence-corrected chi connectivity index (χ0v) is 16.2. The second-order valence-electron chi connectivity index (χ2n) is 6.00. The van der Waals surface area contributed by atoms with E-state index >= 15 is 0 Å². The zero-order valence-electron chi connectivity index (χ0n) is 13.0. The van der Waals surface area contributed by atoms with Gasteiger partial charge in [-0.25, -0.2) is 0 Å². The fraction of sp³-hybridized carbons (Fsp3) is 0.389. The van der Waals surface area contributed by atoms with E-state index in [0.717, 1.165) is 34.3 Å². The average molecular weight is 396 g/mol. The first-order chi connectivity index (χ1) is 11.7. The first-order valence-corrected chi connectivity index (χ1v) is 11.3. The maximum atomic E-state index is 11.1. The number of aromatic nitrogens is 1. The largest absolute Gasteiger partial charge is 0.384 e. The summed E-state index contributed by atoms with van der Waals surface area (Å²) in [5.41, 5.74) is 2.05. The van der Waals surface area contributed by atoms with Crippen molar-refractivity contribution in [3.05, 3.63) is 62.0 Å². The molecule has 1 aromatic rings. The van der Waals surface area contributed by atoms with Gasteiger partial charge in [0, 0.05) is 50.4 Å². The summed E-state index contributed by atoms with van der Waals surface area (Å²) in [4.78, 5) is 6.83. The lowest BCUT2D eigenvalue weighted by atomic mass is 9.88. The van der Waals surface area contributed by atoms with Crippen LogP contribution in [0.3, 0.4) is 0 Å². The van der Waals surface area contributed by atoms with Crippen LogP contribution in [0.15, 0.2) is 56.4 Å². The van der Waals surface area contributed by atoms with Crippen LogP contribution in [-0.2, 0) is 0 Å². The molecule has 3 aliphatic rings. The van der Waals surface area contributed by atoms with Gasteiger partial charge in [0.15, 0.2) is 0 Å². The number of aliphatic hydroxyl groups excluding tert-OH is 1. The van der Waals surface area contributed by atoms with Crippen molar-refractivity contribution in [3.8, 4) is 0 Å². The predicted octanol–water partition coefficient (Wildman–Crippen LogP) is 5.34. The summed E-state index contributed by atoms with van der Waals surface area (Å²) in [5.74, 6) is 2.52. The number of rotatable bonds is 4. The second-order valence-corrected chi connectivity index (χ2v) is 10.1. The summed E-state index contributed by atoms with van der Waals surface area (Å²) in [6, 6.07) is 3.85. The van der Waals surface area contributed by atoms with Crippen molar-refractivity contribution in [2.75, 3.05) is 11.5 Å². The predicted molar refractivity (Wildman–Crippen MR) is 107 cm³/mol. The fourth-order valence-corrected chi connectivity index (χ4v) is 7.69. The van der Waals surface area contributed by atoms with E-state index in [1.165, 1.54) is 15.4 Å². The Balaban J connectivity index is 1.70. The molecule has 4 rings (SSSR count). The molecule has 3 unspecified atom stereocenters. The van der Waals surface area contributed by atoms with E-state index in [1.54, 1.807) is 24.2 Å². The van der Waals surface area contributed by atoms with Crippen molar-refractivity contribution >= 4 is 46.9 Å². The molecule has 0 amide bonds. The number of hydrogen-bond acceptors (Lipinski definition) is 5. The van der Waals surface area contributed by atoms with Crippen LogP contribution < -0.4 is 0 Å². The van der Waals surface area contributed by atoms with Gasteiger partial charge in [-0.3, -0.25) is 4.98 Å². The Morgan fingerprint density at radius 3 is 2.88 bits per heavy atom. The van der Waals surface area contributed by atoms with Crippen molar-refractivity contribution in [2.45, 2.75) is 24.2 Å². The number of allylic oxidation sites excluding steroid dienone is 2. The maximum Gasteiger partial charge on any atom is 0.103 e. The third-order valence-electron chi connectivity index (χ3n) is 4.52. The minimum atomic E-state index is -0.587. The molecule has 0 radical (unpaired) electrons. The molecule has 0 bridgehead atoms. The normalized spacial score (nSPS) is 28.2. The van der Waals surface area contributed by atoms with Gasteiger partial charge in [-0.05, 0) is 24.5 Å². The highest BCUT2D eigenvalue weighted by Crippen LogP contribution is 2.54. The summed E-state index contributed by atoms with van der Waals surface area (Å²) in [7, 11) is 0. The first-order valence-electron chi connectivity index (χ1n) is 8.04. The Morgan fingerprint density at radius 2 is 2.21 bits per heavy atom. The van der Waals surface area contributed by atoms with Crippen molar-refractivity contribution in [3.63, 3.8) is 0 Å². The van der Waals surface area contributed by atoms with Gasteiger partial charge in [-0.1, -0.05) is 29.8 Å². The van der Waals surface area contributed by atoms with E-state index in [1.807, 2.05) is 35.7 Å². The van der Waals surface area contributed by atoms with E-state index in [0.29, 0.717) is 11.2 Å². The van der Waals surface area contributed by atoms with Crippen molar-refractivity contribution < 1.29 is 5.11 Å². The number of pyridine rings is 1. The molecule has 2 nitrogen and oxygen atoms in total. The van der Waals surface area contributed by atoms with Gasteiger partial charge < -0.3 is 5.11 Å². The Morgan fingerprint density at radius 1 is 1.29 bits per heavy atom. The van der Waals surface area contributed by atoms with E-state index < -0.39 is 6.10 Å². The van der Waals surface area contributed by atoms with Crippen LogP contribution in [0, 0.1) is 5.92 Å². The standard InChI is InChI=1S/C18H18ClNOS3/c19-15-6-5-13(24-15)12-10-23-18(14-4-2-8-22-14)16(12)17(21)11-3-1-7-20-9-11/h1,3-4,6-7,9,12-13,17,21H,2,5,8,10H2. The van der Waals surface area contributed by atoms with Gasteiger partial charge in [0.1, 0.15) is 6.10 Å². The summed E-state index contributed by atoms with van der Waals surface area (Å²) >= 11 is 11.8. The molecular weight excluding hydrogens is 378 g/mol. The highest BCUT2D eigenvalue weighted by molar-refractivity contribution is 8.08. The molecule has 6 heteroatoms. The minimum absolute atomic E-state index is 0.347. The van der Waals surface area contributed by atoms with Crippen LogP contribution >= 0.6 is 46.9 Å². The van der Waals surface area contributed by atoms with E-state index in [-0.39, 0.29) is 0 Å². The molecule has 24 heavy (non-hydrogen) atoms. The molecule has 1 aromatic heterocycles. The maximum absolute atomic E-state index is 11.1. The van der Waals surface area contributed by atoms with Crippen LogP contribution in [0.4, 0.5) is 0 Å². The molecule has 0 saturated carbocycles. The molecule has 0 spiro atoms. The third kappa shape index (κ3) is 3.34. The molecule has 126 valence electrons. The second kappa shape index (κ2) is 7.50. The van der Waals surface area contributed by atoms with Crippen LogP contribution in [-0.4, -0.2) is 26.8 Å². The quantitative estimate of drug-likeness (QED) is 0.744.